The Hall–Kier alpha value is -1.93. The van der Waals surface area contributed by atoms with Gasteiger partial charge in [0.2, 0.25) is 15.9 Å². The van der Waals surface area contributed by atoms with Crippen molar-refractivity contribution >= 4 is 27.5 Å². The summed E-state index contributed by atoms with van der Waals surface area (Å²) in [5.74, 6) is -0.179. The molecule has 1 aliphatic heterocycles. The minimum Gasteiger partial charge on any atom is -0.339 e. The third-order valence-corrected chi connectivity index (χ3v) is 6.62. The number of halogens is 1. The molecule has 1 saturated heterocycles. The fourth-order valence-corrected chi connectivity index (χ4v) is 4.27. The summed E-state index contributed by atoms with van der Waals surface area (Å²) >= 11 is 6.16. The predicted molar refractivity (Wildman–Crippen MR) is 115 cm³/mol. The van der Waals surface area contributed by atoms with E-state index in [0.717, 1.165) is 25.9 Å². The largest absolute Gasteiger partial charge is 0.339 e. The van der Waals surface area contributed by atoms with Crippen LogP contribution in [0.25, 0.3) is 0 Å². The Labute approximate surface area is 177 Å². The third-order valence-electron chi connectivity index (χ3n) is 5.06. The van der Waals surface area contributed by atoms with E-state index in [4.69, 9.17) is 11.6 Å². The van der Waals surface area contributed by atoms with Crippen LogP contribution in [0.3, 0.4) is 0 Å². The van der Waals surface area contributed by atoms with Crippen LogP contribution in [0, 0.1) is 0 Å². The van der Waals surface area contributed by atoms with Crippen LogP contribution in [0.5, 0.6) is 0 Å². The van der Waals surface area contributed by atoms with Gasteiger partial charge in [-0.3, -0.25) is 9.69 Å². The lowest BCUT2D eigenvalue weighted by molar-refractivity contribution is -0.133. The van der Waals surface area contributed by atoms with E-state index in [1.54, 1.807) is 29.2 Å². The summed E-state index contributed by atoms with van der Waals surface area (Å²) in [5.41, 5.74) is 1.93. The first-order chi connectivity index (χ1) is 13.8. The molecule has 8 heteroatoms. The number of sulfonamides is 1. The summed E-state index contributed by atoms with van der Waals surface area (Å²) in [7, 11) is -3.55. The van der Waals surface area contributed by atoms with Crippen molar-refractivity contribution in [3.63, 3.8) is 0 Å². The number of piperazine rings is 1. The molecule has 29 heavy (non-hydrogen) atoms. The first-order valence-corrected chi connectivity index (χ1v) is 11.8. The zero-order valence-electron chi connectivity index (χ0n) is 16.5. The van der Waals surface area contributed by atoms with Gasteiger partial charge in [0.1, 0.15) is 0 Å². The second kappa shape index (κ2) is 9.71. The van der Waals surface area contributed by atoms with Crippen LogP contribution < -0.4 is 0 Å². The first kappa shape index (κ1) is 21.8. The molecule has 1 fully saturated rings. The molecule has 0 radical (unpaired) electrons. The highest BCUT2D eigenvalue weighted by molar-refractivity contribution is 7.88. The van der Waals surface area contributed by atoms with Crippen molar-refractivity contribution in [1.82, 2.24) is 14.1 Å². The number of carbonyl (C=O) groups is 1. The number of hydrogen-bond donors (Lipinski definition) is 0. The molecule has 6 nitrogen and oxygen atoms in total. The molecular formula is C21H26ClN3O3S. The Balaban J connectivity index is 1.57. The van der Waals surface area contributed by atoms with Crippen LogP contribution in [-0.4, -0.2) is 67.4 Å². The average Bonchev–Trinajstić information content (AvgIpc) is 2.69. The number of rotatable bonds is 7. The molecule has 1 amide bonds. The zero-order valence-corrected chi connectivity index (χ0v) is 18.1. The third kappa shape index (κ3) is 6.27. The molecule has 0 spiro atoms. The van der Waals surface area contributed by atoms with Crippen LogP contribution in [-0.2, 0) is 27.9 Å². The lowest BCUT2D eigenvalue weighted by Gasteiger charge is -2.35. The van der Waals surface area contributed by atoms with E-state index >= 15 is 0 Å². The Kier molecular flexibility index (Phi) is 7.29. The molecule has 2 aromatic carbocycles. The topological polar surface area (TPSA) is 60.9 Å². The summed E-state index contributed by atoms with van der Waals surface area (Å²) in [6, 6.07) is 17.3. The van der Waals surface area contributed by atoms with E-state index in [-0.39, 0.29) is 19.0 Å². The van der Waals surface area contributed by atoms with Crippen molar-refractivity contribution in [2.45, 2.75) is 13.1 Å². The highest BCUT2D eigenvalue weighted by Gasteiger charge is 2.26. The van der Waals surface area contributed by atoms with Gasteiger partial charge in [-0.1, -0.05) is 60.1 Å². The van der Waals surface area contributed by atoms with Gasteiger partial charge in [0.15, 0.2) is 0 Å². The van der Waals surface area contributed by atoms with Gasteiger partial charge in [-0.05, 0) is 17.2 Å². The smallest absolute Gasteiger partial charge is 0.237 e. The van der Waals surface area contributed by atoms with Crippen LogP contribution in [0.2, 0.25) is 5.02 Å². The van der Waals surface area contributed by atoms with E-state index in [2.05, 4.69) is 17.0 Å². The fraction of sp³-hybridized carbons (Fsp3) is 0.381. The molecule has 0 unspecified atom stereocenters. The van der Waals surface area contributed by atoms with E-state index in [1.807, 2.05) is 18.2 Å². The number of benzene rings is 2. The van der Waals surface area contributed by atoms with Gasteiger partial charge in [-0.15, -0.1) is 0 Å². The SMILES string of the molecule is CS(=O)(=O)N(CC(=O)N1CCN(Cc2ccccc2)CC1)Cc1ccccc1Cl. The monoisotopic (exact) mass is 435 g/mol. The highest BCUT2D eigenvalue weighted by atomic mass is 35.5. The quantitative estimate of drug-likeness (QED) is 0.670. The van der Waals surface area contributed by atoms with Crippen LogP contribution >= 0.6 is 11.6 Å². The van der Waals surface area contributed by atoms with Gasteiger partial charge < -0.3 is 4.90 Å². The normalized spacial score (nSPS) is 15.6. The van der Waals surface area contributed by atoms with Gasteiger partial charge >= 0.3 is 0 Å². The van der Waals surface area contributed by atoms with E-state index in [1.165, 1.54) is 9.87 Å². The predicted octanol–water partition coefficient (Wildman–Crippen LogP) is 2.45. The minimum atomic E-state index is -3.55. The zero-order chi connectivity index (χ0) is 20.9. The summed E-state index contributed by atoms with van der Waals surface area (Å²) in [4.78, 5) is 16.8. The van der Waals surface area contributed by atoms with Gasteiger partial charge in [0.25, 0.3) is 0 Å². The van der Waals surface area contributed by atoms with Crippen LogP contribution in [0.4, 0.5) is 0 Å². The van der Waals surface area contributed by atoms with E-state index in [0.29, 0.717) is 23.7 Å². The van der Waals surface area contributed by atoms with Crippen LogP contribution in [0.15, 0.2) is 54.6 Å². The molecule has 0 bridgehead atoms. The molecular weight excluding hydrogens is 410 g/mol. The maximum absolute atomic E-state index is 12.8. The first-order valence-electron chi connectivity index (χ1n) is 9.55. The molecule has 0 aliphatic carbocycles. The number of hydrogen-bond acceptors (Lipinski definition) is 4. The standard InChI is InChI=1S/C21H26ClN3O3S/c1-29(27,28)25(16-19-9-5-6-10-20(19)22)17-21(26)24-13-11-23(12-14-24)15-18-7-3-2-4-8-18/h2-10H,11-17H2,1H3. The maximum Gasteiger partial charge on any atom is 0.237 e. The lowest BCUT2D eigenvalue weighted by Crippen LogP contribution is -2.51. The number of carbonyl (C=O) groups excluding carboxylic acids is 1. The minimum absolute atomic E-state index is 0.0816. The molecule has 3 rings (SSSR count). The number of amides is 1. The Morgan fingerprint density at radius 1 is 1.00 bits per heavy atom. The van der Waals surface area contributed by atoms with Crippen molar-refractivity contribution in [3.8, 4) is 0 Å². The maximum atomic E-state index is 12.8. The van der Waals surface area contributed by atoms with E-state index in [9.17, 15) is 13.2 Å². The van der Waals surface area contributed by atoms with Gasteiger partial charge in [-0.2, -0.15) is 4.31 Å². The molecule has 0 atom stereocenters. The Morgan fingerprint density at radius 2 is 1.62 bits per heavy atom. The molecule has 0 saturated carbocycles. The van der Waals surface area contributed by atoms with Gasteiger partial charge in [0.05, 0.1) is 12.8 Å². The molecule has 0 aromatic heterocycles. The van der Waals surface area contributed by atoms with Crippen molar-refractivity contribution < 1.29 is 13.2 Å². The fourth-order valence-electron chi connectivity index (χ4n) is 3.35. The molecule has 1 aliphatic rings. The van der Waals surface area contributed by atoms with Crippen molar-refractivity contribution in [2.75, 3.05) is 39.0 Å². The number of nitrogens with zero attached hydrogens (tertiary/aromatic N) is 3. The highest BCUT2D eigenvalue weighted by Crippen LogP contribution is 2.19. The molecule has 0 N–H and O–H groups in total. The molecule has 2 aromatic rings. The van der Waals surface area contributed by atoms with Crippen molar-refractivity contribution in [2.24, 2.45) is 0 Å². The van der Waals surface area contributed by atoms with Crippen molar-refractivity contribution in [3.05, 3.63) is 70.7 Å². The van der Waals surface area contributed by atoms with Crippen molar-refractivity contribution in [1.29, 1.82) is 0 Å². The summed E-state index contributed by atoms with van der Waals surface area (Å²) < 4.78 is 25.6. The summed E-state index contributed by atoms with van der Waals surface area (Å²) in [6.45, 7) is 3.48. The average molecular weight is 436 g/mol. The lowest BCUT2D eigenvalue weighted by atomic mass is 10.2. The second-order valence-corrected chi connectivity index (χ2v) is 9.65. The van der Waals surface area contributed by atoms with E-state index < -0.39 is 10.0 Å². The molecule has 1 heterocycles. The summed E-state index contributed by atoms with van der Waals surface area (Å²) in [6.07, 6.45) is 1.12. The van der Waals surface area contributed by atoms with Gasteiger partial charge in [-0.25, -0.2) is 8.42 Å². The second-order valence-electron chi connectivity index (χ2n) is 7.26. The van der Waals surface area contributed by atoms with Crippen LogP contribution in [0.1, 0.15) is 11.1 Å². The van der Waals surface area contributed by atoms with Gasteiger partial charge in [0, 0.05) is 44.3 Å². The Bertz CT molecular complexity index is 929. The Morgan fingerprint density at radius 3 is 2.24 bits per heavy atom. The summed E-state index contributed by atoms with van der Waals surface area (Å²) in [5, 5.41) is 0.489. The molecule has 156 valence electrons.